The number of rotatable bonds is 6. The number of pyridine rings is 1. The van der Waals surface area contributed by atoms with Crippen LogP contribution in [0.3, 0.4) is 0 Å². The highest BCUT2D eigenvalue weighted by Gasteiger charge is 2.78. The summed E-state index contributed by atoms with van der Waals surface area (Å²) in [7, 11) is 0. The molecular weight excluding hydrogens is 406 g/mol. The average molecular weight is 434 g/mol. The molecule has 0 unspecified atom stereocenters. The molecular formula is C21H28ClN5O3. The van der Waals surface area contributed by atoms with E-state index in [2.05, 4.69) is 20.6 Å². The molecule has 3 fully saturated rings. The van der Waals surface area contributed by atoms with E-state index >= 15 is 0 Å². The minimum atomic E-state index is -0.697. The van der Waals surface area contributed by atoms with E-state index in [1.54, 1.807) is 12.4 Å². The normalized spacial score (nSPS) is 33.4. The van der Waals surface area contributed by atoms with Gasteiger partial charge in [0.25, 0.3) is 0 Å². The first-order chi connectivity index (χ1) is 14.3. The Bertz CT molecular complexity index is 1010. The lowest BCUT2D eigenvalue weighted by Gasteiger charge is -2.23. The van der Waals surface area contributed by atoms with Gasteiger partial charge in [-0.15, -0.1) is 0 Å². The van der Waals surface area contributed by atoms with Crippen molar-refractivity contribution in [3.8, 4) is 0 Å². The Hall–Kier alpha value is -1.90. The molecule has 2 aliphatic carbocycles. The highest BCUT2D eigenvalue weighted by Crippen LogP contribution is 2.70. The van der Waals surface area contributed by atoms with Crippen LogP contribution in [0.25, 0.3) is 11.2 Å². The molecule has 2 saturated carbocycles. The Labute approximate surface area is 180 Å². The number of carbonyl (C=O) groups excluding carboxylic acids is 1. The number of ether oxygens (including phenoxy) is 2. The van der Waals surface area contributed by atoms with E-state index in [0.717, 1.165) is 29.8 Å². The summed E-state index contributed by atoms with van der Waals surface area (Å²) in [6.07, 6.45) is 2.27. The van der Waals surface area contributed by atoms with Crippen LogP contribution in [0, 0.1) is 17.3 Å². The zero-order chi connectivity index (χ0) is 21.3. The quantitative estimate of drug-likeness (QED) is 0.681. The first-order valence-electron chi connectivity index (χ1n) is 10.7. The second kappa shape index (κ2) is 6.80. The van der Waals surface area contributed by atoms with Crippen LogP contribution in [0.2, 0.25) is 5.15 Å². The summed E-state index contributed by atoms with van der Waals surface area (Å²) < 4.78 is 14.6. The third kappa shape index (κ3) is 2.84. The number of amides is 1. The lowest BCUT2D eigenvalue weighted by atomic mass is 9.97. The lowest BCUT2D eigenvalue weighted by Crippen LogP contribution is -2.41. The molecule has 5 rings (SSSR count). The van der Waals surface area contributed by atoms with Crippen molar-refractivity contribution >= 4 is 34.4 Å². The molecule has 5 atom stereocenters. The maximum Gasteiger partial charge on any atom is 0.229 e. The van der Waals surface area contributed by atoms with Crippen LogP contribution in [0.15, 0.2) is 12.4 Å². The van der Waals surface area contributed by atoms with Gasteiger partial charge >= 0.3 is 0 Å². The first kappa shape index (κ1) is 20.0. The molecule has 0 bridgehead atoms. The van der Waals surface area contributed by atoms with Crippen molar-refractivity contribution in [3.05, 3.63) is 17.5 Å². The summed E-state index contributed by atoms with van der Waals surface area (Å²) >= 11 is 6.28. The van der Waals surface area contributed by atoms with E-state index in [-0.39, 0.29) is 30.0 Å². The minimum absolute atomic E-state index is 0.0832. The van der Waals surface area contributed by atoms with E-state index in [0.29, 0.717) is 18.2 Å². The molecule has 2 aromatic rings. The van der Waals surface area contributed by atoms with Gasteiger partial charge in [-0.05, 0) is 40.0 Å². The summed E-state index contributed by atoms with van der Waals surface area (Å²) in [4.78, 5) is 22.1. The van der Waals surface area contributed by atoms with Gasteiger partial charge in [-0.2, -0.15) is 0 Å². The first-order valence-corrected chi connectivity index (χ1v) is 11.1. The largest absolute Gasteiger partial charge is 0.383 e. The molecule has 30 heavy (non-hydrogen) atoms. The molecule has 2 aromatic heterocycles. The molecule has 1 aliphatic heterocycles. The molecule has 2 N–H and O–H groups in total. The van der Waals surface area contributed by atoms with Gasteiger partial charge in [0.2, 0.25) is 5.91 Å². The van der Waals surface area contributed by atoms with Crippen LogP contribution in [0.4, 0.5) is 5.69 Å². The number of halogens is 1. The van der Waals surface area contributed by atoms with Gasteiger partial charge in [0.15, 0.2) is 11.4 Å². The van der Waals surface area contributed by atoms with Crippen molar-refractivity contribution in [3.63, 3.8) is 0 Å². The van der Waals surface area contributed by atoms with E-state index < -0.39 is 11.2 Å². The third-order valence-electron chi connectivity index (χ3n) is 6.71. The van der Waals surface area contributed by atoms with E-state index in [4.69, 9.17) is 21.1 Å². The van der Waals surface area contributed by atoms with Gasteiger partial charge in [-0.1, -0.05) is 11.6 Å². The van der Waals surface area contributed by atoms with Crippen molar-refractivity contribution in [1.29, 1.82) is 0 Å². The summed E-state index contributed by atoms with van der Waals surface area (Å²) in [5.74, 6) is -0.253. The number of nitrogens with one attached hydrogen (secondary N) is 2. The molecule has 3 heterocycles. The van der Waals surface area contributed by atoms with Crippen LogP contribution in [0.5, 0.6) is 0 Å². The molecule has 162 valence electrons. The second-order valence-electron chi connectivity index (χ2n) is 8.99. The standard InChI is InChI=1S/C21H28ClN5O3/c1-5-23-13-7-14(22)26-18-15(13)25-10-27(18)9-11-12-8-21(12,19(28)24-6-2)17-16(11)29-20(3,4)30-17/h7,10-12,16-17H,5-6,8-9H2,1-4H3,(H,23,26)(H,24,28)/t11-,12-,16+,17+,21+/m1/s1. The van der Waals surface area contributed by atoms with Crippen LogP contribution < -0.4 is 10.6 Å². The van der Waals surface area contributed by atoms with Gasteiger partial charge in [0, 0.05) is 31.6 Å². The average Bonchev–Trinajstić information content (AvgIpc) is 3.05. The van der Waals surface area contributed by atoms with Crippen LogP contribution in [-0.4, -0.2) is 51.5 Å². The second-order valence-corrected chi connectivity index (χ2v) is 9.37. The molecule has 3 aliphatic rings. The fourth-order valence-corrected chi connectivity index (χ4v) is 5.72. The van der Waals surface area contributed by atoms with E-state index in [1.165, 1.54) is 0 Å². The molecule has 9 heteroatoms. The van der Waals surface area contributed by atoms with Crippen molar-refractivity contribution < 1.29 is 14.3 Å². The predicted octanol–water partition coefficient (Wildman–Crippen LogP) is 2.81. The van der Waals surface area contributed by atoms with Crippen molar-refractivity contribution in [2.24, 2.45) is 17.3 Å². The van der Waals surface area contributed by atoms with Crippen LogP contribution >= 0.6 is 11.6 Å². The number of anilines is 1. The van der Waals surface area contributed by atoms with Crippen molar-refractivity contribution in [2.45, 2.75) is 58.7 Å². The molecule has 0 aromatic carbocycles. The number of carbonyl (C=O) groups is 1. The van der Waals surface area contributed by atoms with Crippen molar-refractivity contribution in [2.75, 3.05) is 18.4 Å². The topological polar surface area (TPSA) is 90.3 Å². The summed E-state index contributed by atoms with van der Waals surface area (Å²) in [6.45, 7) is 9.85. The number of imidazole rings is 1. The van der Waals surface area contributed by atoms with Gasteiger partial charge in [-0.25, -0.2) is 9.97 Å². The fraction of sp³-hybridized carbons (Fsp3) is 0.667. The third-order valence-corrected chi connectivity index (χ3v) is 6.90. The van der Waals surface area contributed by atoms with E-state index in [9.17, 15) is 4.79 Å². The predicted molar refractivity (Wildman–Crippen MR) is 113 cm³/mol. The summed E-state index contributed by atoms with van der Waals surface area (Å²) in [5, 5.41) is 6.74. The zero-order valence-electron chi connectivity index (χ0n) is 17.7. The van der Waals surface area contributed by atoms with Gasteiger partial charge < -0.3 is 24.7 Å². The van der Waals surface area contributed by atoms with E-state index in [1.807, 2.05) is 32.3 Å². The maximum absolute atomic E-state index is 13.0. The Kier molecular flexibility index (Phi) is 4.54. The number of hydrogen-bond acceptors (Lipinski definition) is 6. The van der Waals surface area contributed by atoms with Gasteiger partial charge in [0.05, 0.1) is 23.5 Å². The van der Waals surface area contributed by atoms with Crippen LogP contribution in [0.1, 0.15) is 34.1 Å². The monoisotopic (exact) mass is 433 g/mol. The number of aromatic nitrogens is 3. The Morgan fingerprint density at radius 3 is 2.87 bits per heavy atom. The molecule has 8 nitrogen and oxygen atoms in total. The highest BCUT2D eigenvalue weighted by atomic mass is 35.5. The summed E-state index contributed by atoms with van der Waals surface area (Å²) in [5.41, 5.74) is 1.92. The van der Waals surface area contributed by atoms with Gasteiger partial charge in [0.1, 0.15) is 16.8 Å². The van der Waals surface area contributed by atoms with Crippen LogP contribution in [-0.2, 0) is 20.8 Å². The minimum Gasteiger partial charge on any atom is -0.383 e. The number of fused-ring (bicyclic) bond motifs is 4. The molecule has 1 amide bonds. The number of nitrogens with zero attached hydrogens (tertiary/aromatic N) is 3. The van der Waals surface area contributed by atoms with Gasteiger partial charge in [-0.3, -0.25) is 4.79 Å². The van der Waals surface area contributed by atoms with Crippen molar-refractivity contribution in [1.82, 2.24) is 19.9 Å². The molecule has 0 radical (unpaired) electrons. The Morgan fingerprint density at radius 2 is 2.13 bits per heavy atom. The number of hydrogen-bond donors (Lipinski definition) is 2. The summed E-state index contributed by atoms with van der Waals surface area (Å²) in [6, 6.07) is 1.80. The molecule has 0 spiro atoms. The molecule has 1 saturated heterocycles. The Morgan fingerprint density at radius 1 is 1.33 bits per heavy atom. The zero-order valence-corrected chi connectivity index (χ0v) is 18.5. The smallest absolute Gasteiger partial charge is 0.229 e. The Balaban J connectivity index is 1.49. The SMILES string of the molecule is CCNC(=O)[C@@]12C[C@@H]1[C@@H](Cn1cnc3c(NCC)cc(Cl)nc31)[C@@H]1OC(C)(C)O[C@@H]12. The fourth-order valence-electron chi connectivity index (χ4n) is 5.53. The maximum atomic E-state index is 13.0. The lowest BCUT2D eigenvalue weighted by molar-refractivity contribution is -0.165. The highest BCUT2D eigenvalue weighted by molar-refractivity contribution is 6.30.